The molecule has 0 aromatic heterocycles. The van der Waals surface area contributed by atoms with Crippen LogP contribution < -0.4 is 9.07 Å². The Labute approximate surface area is 93.8 Å². The summed E-state index contributed by atoms with van der Waals surface area (Å²) in [5.41, 5.74) is -5.06. The molecule has 1 aliphatic heterocycles. The van der Waals surface area contributed by atoms with E-state index in [2.05, 4.69) is 14.0 Å². The third kappa shape index (κ3) is 2.29. The van der Waals surface area contributed by atoms with Gasteiger partial charge in [0.2, 0.25) is 0 Å². The zero-order chi connectivity index (χ0) is 12.7. The topological polar surface area (TPSA) is 61.8 Å². The van der Waals surface area contributed by atoms with Crippen molar-refractivity contribution in [2.75, 3.05) is 0 Å². The summed E-state index contributed by atoms with van der Waals surface area (Å²) in [6.07, 6.45) is 0. The molecule has 1 aromatic rings. The zero-order valence-electron chi connectivity index (χ0n) is 8.02. The third-order valence-corrected chi connectivity index (χ3v) is 2.86. The summed E-state index contributed by atoms with van der Waals surface area (Å²) < 4.78 is 61.4. The third-order valence-electron chi connectivity index (χ3n) is 1.88. The molecule has 1 heterocycles. The fourth-order valence-corrected chi connectivity index (χ4v) is 1.58. The van der Waals surface area contributed by atoms with Crippen LogP contribution in [0.2, 0.25) is 0 Å². The van der Waals surface area contributed by atoms with Gasteiger partial charge >= 0.3 is 15.6 Å². The van der Waals surface area contributed by atoms with Gasteiger partial charge in [0, 0.05) is 5.56 Å². The van der Waals surface area contributed by atoms with Gasteiger partial charge in [-0.05, 0) is 18.2 Å². The minimum atomic E-state index is -5.65. The van der Waals surface area contributed by atoms with Gasteiger partial charge in [-0.1, -0.05) is 0 Å². The van der Waals surface area contributed by atoms with Crippen molar-refractivity contribution in [3.05, 3.63) is 23.8 Å². The van der Waals surface area contributed by atoms with E-state index in [0.717, 1.165) is 12.1 Å². The molecular formula is C8H5F3O5S. The second-order valence-corrected chi connectivity index (χ2v) is 4.64. The molecule has 0 bridgehead atoms. The maximum Gasteiger partial charge on any atom is 0.534 e. The summed E-state index contributed by atoms with van der Waals surface area (Å²) in [5, 5.41) is 0. The average molecular weight is 270 g/mol. The summed E-state index contributed by atoms with van der Waals surface area (Å²) in [6, 6.07) is 3.39. The predicted octanol–water partition coefficient (Wildman–Crippen LogP) is 1.74. The fourth-order valence-electron chi connectivity index (χ4n) is 1.13. The van der Waals surface area contributed by atoms with Gasteiger partial charge in [0.15, 0.2) is 5.75 Å². The molecule has 9 heteroatoms. The zero-order valence-corrected chi connectivity index (χ0v) is 8.84. The minimum absolute atomic E-state index is 0.0125. The molecule has 0 amide bonds. The Kier molecular flexibility index (Phi) is 2.66. The van der Waals surface area contributed by atoms with Crippen molar-refractivity contribution < 1.29 is 35.5 Å². The average Bonchev–Trinajstić information content (AvgIpc) is 2.62. The molecule has 0 N–H and O–H groups in total. The van der Waals surface area contributed by atoms with Gasteiger partial charge in [-0.15, -0.1) is 0 Å². The van der Waals surface area contributed by atoms with Gasteiger partial charge in [-0.2, -0.15) is 26.5 Å². The van der Waals surface area contributed by atoms with Crippen LogP contribution in [0.1, 0.15) is 5.56 Å². The number of hydrogen-bond donors (Lipinski definition) is 0. The molecule has 17 heavy (non-hydrogen) atoms. The van der Waals surface area contributed by atoms with E-state index in [9.17, 15) is 21.6 Å². The number of benzene rings is 1. The highest BCUT2D eigenvalue weighted by molar-refractivity contribution is 7.87. The Morgan fingerprint density at radius 1 is 1.29 bits per heavy atom. The van der Waals surface area contributed by atoms with Gasteiger partial charge in [0.1, 0.15) is 12.4 Å². The van der Waals surface area contributed by atoms with E-state index in [0.29, 0.717) is 11.3 Å². The summed E-state index contributed by atoms with van der Waals surface area (Å²) in [7, 11) is -5.65. The van der Waals surface area contributed by atoms with E-state index in [1.165, 1.54) is 6.07 Å². The molecular weight excluding hydrogens is 265 g/mol. The molecule has 0 spiro atoms. The minimum Gasteiger partial charge on any atom is -0.376 e. The van der Waals surface area contributed by atoms with Gasteiger partial charge in [0.05, 0.1) is 0 Å². The van der Waals surface area contributed by atoms with Crippen molar-refractivity contribution in [2.24, 2.45) is 0 Å². The number of alkyl halides is 3. The van der Waals surface area contributed by atoms with E-state index in [1.54, 1.807) is 0 Å². The molecule has 1 aromatic carbocycles. The highest BCUT2D eigenvalue weighted by Crippen LogP contribution is 2.32. The second-order valence-electron chi connectivity index (χ2n) is 3.10. The number of rotatable bonds is 2. The lowest BCUT2D eigenvalue weighted by atomic mass is 10.2. The SMILES string of the molecule is O=S(=O)(Oc1ccc2c(c1)COO2)C(F)(F)F. The van der Waals surface area contributed by atoms with E-state index in [-0.39, 0.29) is 6.61 Å². The molecule has 2 rings (SSSR count). The maximum absolute atomic E-state index is 12.0. The van der Waals surface area contributed by atoms with Crippen LogP contribution >= 0.6 is 0 Å². The molecule has 1 aliphatic rings. The molecule has 0 radical (unpaired) electrons. The second kappa shape index (κ2) is 3.77. The number of hydrogen-bond acceptors (Lipinski definition) is 5. The van der Waals surface area contributed by atoms with Crippen LogP contribution in [0.25, 0.3) is 0 Å². The van der Waals surface area contributed by atoms with Crippen LogP contribution in [-0.2, 0) is 21.6 Å². The molecule has 94 valence electrons. The summed E-state index contributed by atoms with van der Waals surface area (Å²) in [5.74, 6) is -0.142. The Balaban J connectivity index is 2.26. The molecule has 0 saturated carbocycles. The predicted molar refractivity (Wildman–Crippen MR) is 47.5 cm³/mol. The van der Waals surface area contributed by atoms with E-state index in [4.69, 9.17) is 0 Å². The van der Waals surface area contributed by atoms with Crippen LogP contribution in [0.3, 0.4) is 0 Å². The number of fused-ring (bicyclic) bond motifs is 1. The first-order valence-corrected chi connectivity index (χ1v) is 5.63. The van der Waals surface area contributed by atoms with Crippen molar-refractivity contribution >= 4 is 10.1 Å². The normalized spacial score (nSPS) is 15.2. The van der Waals surface area contributed by atoms with Crippen LogP contribution in [0.15, 0.2) is 18.2 Å². The first-order valence-electron chi connectivity index (χ1n) is 4.23. The Morgan fingerprint density at radius 3 is 2.65 bits per heavy atom. The summed E-state index contributed by atoms with van der Waals surface area (Å²) in [4.78, 5) is 9.16. The molecule has 5 nitrogen and oxygen atoms in total. The lowest BCUT2D eigenvalue weighted by Gasteiger charge is -2.09. The Hall–Kier alpha value is -1.48. The van der Waals surface area contributed by atoms with Gasteiger partial charge in [0.25, 0.3) is 0 Å². The van der Waals surface area contributed by atoms with Crippen LogP contribution in [-0.4, -0.2) is 13.9 Å². The lowest BCUT2D eigenvalue weighted by Crippen LogP contribution is -2.28. The molecule has 0 fully saturated rings. The highest BCUT2D eigenvalue weighted by atomic mass is 32.2. The largest absolute Gasteiger partial charge is 0.534 e. The standard InChI is InChI=1S/C8H5F3O5S/c9-8(10,11)17(12,13)16-6-1-2-7-5(3-6)4-14-15-7/h1-3H,4H2. The van der Waals surface area contributed by atoms with Gasteiger partial charge in [-0.25, -0.2) is 0 Å². The van der Waals surface area contributed by atoms with Crippen molar-refractivity contribution in [1.82, 2.24) is 0 Å². The van der Waals surface area contributed by atoms with E-state index >= 15 is 0 Å². The molecule has 0 unspecified atom stereocenters. The quantitative estimate of drug-likeness (QED) is 0.465. The lowest BCUT2D eigenvalue weighted by molar-refractivity contribution is -0.194. The Bertz CT molecular complexity index is 537. The van der Waals surface area contributed by atoms with Crippen molar-refractivity contribution in [2.45, 2.75) is 12.1 Å². The van der Waals surface area contributed by atoms with Crippen molar-refractivity contribution in [3.8, 4) is 11.5 Å². The monoisotopic (exact) mass is 270 g/mol. The highest BCUT2D eigenvalue weighted by Gasteiger charge is 2.48. The van der Waals surface area contributed by atoms with E-state index in [1.807, 2.05) is 0 Å². The maximum atomic E-state index is 12.0. The van der Waals surface area contributed by atoms with Gasteiger partial charge < -0.3 is 9.07 Å². The first-order chi connectivity index (χ1) is 7.79. The Morgan fingerprint density at radius 2 is 2.00 bits per heavy atom. The molecule has 0 saturated heterocycles. The van der Waals surface area contributed by atoms with E-state index < -0.39 is 21.4 Å². The molecule has 0 aliphatic carbocycles. The summed E-state index contributed by atoms with van der Waals surface area (Å²) in [6.45, 7) is 0.0125. The van der Waals surface area contributed by atoms with Crippen LogP contribution in [0.5, 0.6) is 11.5 Å². The van der Waals surface area contributed by atoms with Crippen LogP contribution in [0, 0.1) is 0 Å². The first kappa shape index (κ1) is 12.0. The smallest absolute Gasteiger partial charge is 0.376 e. The summed E-state index contributed by atoms with van der Waals surface area (Å²) >= 11 is 0. The fraction of sp³-hybridized carbons (Fsp3) is 0.250. The number of halogens is 3. The van der Waals surface area contributed by atoms with Crippen LogP contribution in [0.4, 0.5) is 13.2 Å². The van der Waals surface area contributed by atoms with Crippen molar-refractivity contribution in [3.63, 3.8) is 0 Å². The van der Waals surface area contributed by atoms with Gasteiger partial charge in [-0.3, -0.25) is 0 Å². The van der Waals surface area contributed by atoms with Crippen molar-refractivity contribution in [1.29, 1.82) is 0 Å². The molecule has 0 atom stereocenters.